The van der Waals surface area contributed by atoms with E-state index in [-0.39, 0.29) is 10.6 Å². The van der Waals surface area contributed by atoms with Gasteiger partial charge >= 0.3 is 11.7 Å². The van der Waals surface area contributed by atoms with Crippen LogP contribution in [-0.4, -0.2) is 36.2 Å². The largest absolute Gasteiger partial charge is 0.478 e. The number of carboxylic acid groups (broad SMARTS) is 1. The lowest BCUT2D eigenvalue weighted by Crippen LogP contribution is -2.01. The first-order valence-electron chi connectivity index (χ1n) is 4.49. The number of aromatic amines is 1. The average Bonchev–Trinajstić information content (AvgIpc) is 2.81. The Bertz CT molecular complexity index is 600. The van der Waals surface area contributed by atoms with Crippen LogP contribution in [0.5, 0.6) is 0 Å². The predicted molar refractivity (Wildman–Crippen MR) is 58.4 cm³/mol. The Hall–Kier alpha value is -2.49. The standard InChI is InChI=1S/C8H5N5O4S/c14-7(15)4-1-5(13(16)17)6(9-2-4)18-8-10-3-11-12-8/h1-3H,(H,14,15)(H,10,11,12). The molecule has 0 saturated carbocycles. The highest BCUT2D eigenvalue weighted by molar-refractivity contribution is 7.99. The molecule has 2 heterocycles. The lowest BCUT2D eigenvalue weighted by atomic mass is 10.3. The molecule has 0 atom stereocenters. The van der Waals surface area contributed by atoms with Crippen LogP contribution < -0.4 is 0 Å². The minimum Gasteiger partial charge on any atom is -0.478 e. The molecule has 2 N–H and O–H groups in total. The summed E-state index contributed by atoms with van der Waals surface area (Å²) in [6, 6.07) is 0.952. The Morgan fingerprint density at radius 1 is 1.50 bits per heavy atom. The summed E-state index contributed by atoms with van der Waals surface area (Å²) in [7, 11) is 0. The third-order valence-corrected chi connectivity index (χ3v) is 2.76. The van der Waals surface area contributed by atoms with E-state index in [4.69, 9.17) is 5.11 Å². The van der Waals surface area contributed by atoms with Crippen LogP contribution in [-0.2, 0) is 0 Å². The molecule has 18 heavy (non-hydrogen) atoms. The summed E-state index contributed by atoms with van der Waals surface area (Å²) in [5.74, 6) is -1.28. The van der Waals surface area contributed by atoms with E-state index >= 15 is 0 Å². The molecule has 0 aliphatic heterocycles. The molecule has 0 fully saturated rings. The first kappa shape index (κ1) is 12.0. The fraction of sp³-hybridized carbons (Fsp3) is 0. The quantitative estimate of drug-likeness (QED) is 0.617. The van der Waals surface area contributed by atoms with E-state index in [9.17, 15) is 14.9 Å². The van der Waals surface area contributed by atoms with E-state index < -0.39 is 16.6 Å². The van der Waals surface area contributed by atoms with Crippen molar-refractivity contribution in [2.45, 2.75) is 10.2 Å². The molecular weight excluding hydrogens is 262 g/mol. The number of pyridine rings is 1. The SMILES string of the molecule is O=C(O)c1cnc(Sc2ncn[nH]2)c([N+](=O)[O-])c1. The van der Waals surface area contributed by atoms with E-state index in [0.29, 0.717) is 5.16 Å². The maximum Gasteiger partial charge on any atom is 0.337 e. The average molecular weight is 267 g/mol. The molecule has 0 spiro atoms. The fourth-order valence-corrected chi connectivity index (χ4v) is 1.83. The van der Waals surface area contributed by atoms with Crippen molar-refractivity contribution < 1.29 is 14.8 Å². The van der Waals surface area contributed by atoms with Gasteiger partial charge in [-0.15, -0.1) is 0 Å². The molecule has 92 valence electrons. The van der Waals surface area contributed by atoms with Crippen LogP contribution in [0.2, 0.25) is 0 Å². The van der Waals surface area contributed by atoms with Crippen molar-refractivity contribution in [2.24, 2.45) is 0 Å². The number of rotatable bonds is 4. The minimum atomic E-state index is -1.28. The van der Waals surface area contributed by atoms with Crippen LogP contribution in [0.3, 0.4) is 0 Å². The lowest BCUT2D eigenvalue weighted by Gasteiger charge is -2.00. The van der Waals surface area contributed by atoms with E-state index in [2.05, 4.69) is 20.2 Å². The van der Waals surface area contributed by atoms with Crippen molar-refractivity contribution >= 4 is 23.4 Å². The van der Waals surface area contributed by atoms with E-state index in [1.165, 1.54) is 6.33 Å². The maximum atomic E-state index is 10.8. The number of carbonyl (C=O) groups is 1. The molecule has 0 amide bonds. The van der Waals surface area contributed by atoms with Gasteiger partial charge in [-0.3, -0.25) is 15.2 Å². The Kier molecular flexibility index (Phi) is 3.19. The van der Waals surface area contributed by atoms with Gasteiger partial charge < -0.3 is 5.11 Å². The Morgan fingerprint density at radius 3 is 2.83 bits per heavy atom. The van der Waals surface area contributed by atoms with Crippen molar-refractivity contribution in [3.8, 4) is 0 Å². The zero-order valence-electron chi connectivity index (χ0n) is 8.60. The molecule has 0 radical (unpaired) electrons. The number of aromatic carboxylic acids is 1. The van der Waals surface area contributed by atoms with Crippen molar-refractivity contribution in [3.63, 3.8) is 0 Å². The van der Waals surface area contributed by atoms with Crippen molar-refractivity contribution in [1.29, 1.82) is 0 Å². The molecule has 10 heteroatoms. The zero-order valence-corrected chi connectivity index (χ0v) is 9.42. The molecule has 0 aliphatic carbocycles. The normalized spacial score (nSPS) is 10.2. The highest BCUT2D eigenvalue weighted by Crippen LogP contribution is 2.31. The Morgan fingerprint density at radius 2 is 2.28 bits per heavy atom. The molecule has 0 unspecified atom stereocenters. The van der Waals surface area contributed by atoms with E-state index in [1.807, 2.05) is 0 Å². The van der Waals surface area contributed by atoms with Crippen molar-refractivity contribution in [3.05, 3.63) is 34.3 Å². The highest BCUT2D eigenvalue weighted by atomic mass is 32.2. The molecule has 9 nitrogen and oxygen atoms in total. The van der Waals surface area contributed by atoms with E-state index in [1.54, 1.807) is 0 Å². The number of carboxylic acids is 1. The molecule has 0 bridgehead atoms. The van der Waals surface area contributed by atoms with Gasteiger partial charge in [-0.05, 0) is 11.8 Å². The summed E-state index contributed by atoms with van der Waals surface area (Å²) in [5.41, 5.74) is -0.639. The van der Waals surface area contributed by atoms with Gasteiger partial charge in [0.05, 0.1) is 10.5 Å². The summed E-state index contributed by atoms with van der Waals surface area (Å²) >= 11 is 0.895. The van der Waals surface area contributed by atoms with Crippen LogP contribution in [0.15, 0.2) is 28.8 Å². The number of hydrogen-bond acceptors (Lipinski definition) is 7. The van der Waals surface area contributed by atoms with Gasteiger partial charge in [-0.2, -0.15) is 5.10 Å². The van der Waals surface area contributed by atoms with Crippen molar-refractivity contribution in [1.82, 2.24) is 20.2 Å². The third kappa shape index (κ3) is 2.43. The van der Waals surface area contributed by atoms with Gasteiger partial charge in [0.15, 0.2) is 10.2 Å². The molecular formula is C8H5N5O4S. The van der Waals surface area contributed by atoms with Crippen LogP contribution in [0.25, 0.3) is 0 Å². The minimum absolute atomic E-state index is 0.0433. The number of hydrogen-bond donors (Lipinski definition) is 2. The van der Waals surface area contributed by atoms with Crippen LogP contribution in [0.1, 0.15) is 10.4 Å². The zero-order chi connectivity index (χ0) is 13.1. The molecule has 0 aromatic carbocycles. The number of nitrogens with one attached hydrogen (secondary N) is 1. The van der Waals surface area contributed by atoms with Gasteiger partial charge in [-0.25, -0.2) is 14.8 Å². The monoisotopic (exact) mass is 267 g/mol. The highest BCUT2D eigenvalue weighted by Gasteiger charge is 2.20. The van der Waals surface area contributed by atoms with Crippen molar-refractivity contribution in [2.75, 3.05) is 0 Å². The van der Waals surface area contributed by atoms with E-state index in [0.717, 1.165) is 24.0 Å². The first-order valence-corrected chi connectivity index (χ1v) is 5.30. The van der Waals surface area contributed by atoms with Crippen LogP contribution >= 0.6 is 11.8 Å². The third-order valence-electron chi connectivity index (χ3n) is 1.86. The Labute approximate surface area is 103 Å². The maximum absolute atomic E-state index is 10.8. The Balaban J connectivity index is 2.40. The second kappa shape index (κ2) is 4.79. The van der Waals surface area contributed by atoms with Gasteiger partial charge in [0.2, 0.25) is 0 Å². The van der Waals surface area contributed by atoms with Gasteiger partial charge in [0.1, 0.15) is 6.33 Å². The second-order valence-electron chi connectivity index (χ2n) is 3.00. The van der Waals surface area contributed by atoms with Crippen LogP contribution in [0, 0.1) is 10.1 Å². The smallest absolute Gasteiger partial charge is 0.337 e. The molecule has 0 aliphatic rings. The fourth-order valence-electron chi connectivity index (χ4n) is 1.10. The summed E-state index contributed by atoms with van der Waals surface area (Å²) in [6.07, 6.45) is 2.30. The van der Waals surface area contributed by atoms with Gasteiger partial charge in [0.25, 0.3) is 0 Å². The summed E-state index contributed by atoms with van der Waals surface area (Å²) in [4.78, 5) is 28.4. The first-order chi connectivity index (χ1) is 8.58. The second-order valence-corrected chi connectivity index (χ2v) is 3.98. The number of nitro groups is 1. The van der Waals surface area contributed by atoms with Crippen LogP contribution in [0.4, 0.5) is 5.69 Å². The predicted octanol–water partition coefficient (Wildman–Crippen LogP) is 0.957. The van der Waals surface area contributed by atoms with Gasteiger partial charge in [-0.1, -0.05) is 0 Å². The number of nitrogens with zero attached hydrogens (tertiary/aromatic N) is 4. The summed E-state index contributed by atoms with van der Waals surface area (Å²) in [6.45, 7) is 0. The summed E-state index contributed by atoms with van der Waals surface area (Å²) < 4.78 is 0. The molecule has 2 aromatic rings. The lowest BCUT2D eigenvalue weighted by molar-refractivity contribution is -0.388. The molecule has 2 rings (SSSR count). The number of aromatic nitrogens is 4. The number of H-pyrrole nitrogens is 1. The van der Waals surface area contributed by atoms with Gasteiger partial charge in [0, 0.05) is 12.3 Å². The summed E-state index contributed by atoms with van der Waals surface area (Å²) in [5, 5.41) is 26.1. The topological polar surface area (TPSA) is 135 Å². The molecule has 2 aromatic heterocycles. The molecule has 0 saturated heterocycles.